The largest absolute Gasteiger partial charge is 0.490 e. The van der Waals surface area contributed by atoms with Gasteiger partial charge >= 0.3 is 0 Å². The van der Waals surface area contributed by atoms with E-state index in [1.165, 1.54) is 5.56 Å². The molecule has 2 aromatic carbocycles. The summed E-state index contributed by atoms with van der Waals surface area (Å²) in [5.41, 5.74) is 1.79. The van der Waals surface area contributed by atoms with Crippen LogP contribution < -0.4 is 19.7 Å². The number of carbonyl (C=O) groups is 2. The molecule has 1 N–H and O–H groups in total. The fourth-order valence-corrected chi connectivity index (χ4v) is 3.33. The molecule has 0 unspecified atom stereocenters. The Hall–Kier alpha value is -3.28. The van der Waals surface area contributed by atoms with E-state index in [4.69, 9.17) is 9.47 Å². The first-order valence-electron chi connectivity index (χ1n) is 10.4. The van der Waals surface area contributed by atoms with Crippen LogP contribution in [0.5, 0.6) is 11.5 Å². The van der Waals surface area contributed by atoms with Gasteiger partial charge in [0.15, 0.2) is 6.61 Å². The summed E-state index contributed by atoms with van der Waals surface area (Å²) in [6.45, 7) is 12.2. The Morgan fingerprint density at radius 3 is 2.61 bits per heavy atom. The second-order valence-corrected chi connectivity index (χ2v) is 8.62. The number of benzene rings is 2. The standard InChI is InChI=1S/C25H30N2O4/c1-6-13-27-21-12-9-19(14-22(21)31-16-25(4,5)24(27)29)26-23(28)15-30-20-10-7-18(8-11-20)17(2)3/h6-12,14,17H,1,13,15-16H2,2-5H3,(H,26,28). The second kappa shape index (κ2) is 9.25. The monoisotopic (exact) mass is 422 g/mol. The van der Waals surface area contributed by atoms with Crippen LogP contribution in [-0.2, 0) is 9.59 Å². The van der Waals surface area contributed by atoms with Crippen molar-refractivity contribution < 1.29 is 19.1 Å². The van der Waals surface area contributed by atoms with Crippen molar-refractivity contribution in [3.63, 3.8) is 0 Å². The first-order valence-corrected chi connectivity index (χ1v) is 10.4. The van der Waals surface area contributed by atoms with E-state index in [1.807, 2.05) is 38.1 Å². The van der Waals surface area contributed by atoms with Gasteiger partial charge in [-0.05, 0) is 49.6 Å². The van der Waals surface area contributed by atoms with Crippen LogP contribution in [0.25, 0.3) is 0 Å². The molecule has 3 rings (SSSR count). The molecule has 2 aromatic rings. The molecule has 0 spiro atoms. The highest BCUT2D eigenvalue weighted by Gasteiger charge is 2.37. The molecule has 0 bridgehead atoms. The summed E-state index contributed by atoms with van der Waals surface area (Å²) in [7, 11) is 0. The molecule has 6 nitrogen and oxygen atoms in total. The summed E-state index contributed by atoms with van der Waals surface area (Å²) in [5.74, 6) is 1.33. The third-order valence-corrected chi connectivity index (χ3v) is 5.18. The summed E-state index contributed by atoms with van der Waals surface area (Å²) in [5, 5.41) is 2.82. The van der Waals surface area contributed by atoms with E-state index in [2.05, 4.69) is 25.7 Å². The van der Waals surface area contributed by atoms with Crippen LogP contribution >= 0.6 is 0 Å². The number of hydrogen-bond acceptors (Lipinski definition) is 4. The summed E-state index contributed by atoms with van der Waals surface area (Å²) in [6.07, 6.45) is 1.68. The Morgan fingerprint density at radius 2 is 1.97 bits per heavy atom. The Bertz CT molecular complexity index is 964. The number of nitrogens with one attached hydrogen (secondary N) is 1. The van der Waals surface area contributed by atoms with Gasteiger partial charge in [-0.3, -0.25) is 9.59 Å². The molecule has 164 valence electrons. The van der Waals surface area contributed by atoms with Crippen LogP contribution in [0.3, 0.4) is 0 Å². The molecule has 0 fully saturated rings. The minimum absolute atomic E-state index is 0.0279. The van der Waals surface area contributed by atoms with Gasteiger partial charge in [0.05, 0.1) is 11.1 Å². The Labute approximate surface area is 183 Å². The fraction of sp³-hybridized carbons (Fsp3) is 0.360. The summed E-state index contributed by atoms with van der Waals surface area (Å²) in [4.78, 5) is 26.9. The predicted molar refractivity (Wildman–Crippen MR) is 123 cm³/mol. The molecule has 2 amide bonds. The van der Waals surface area contributed by atoms with E-state index < -0.39 is 5.41 Å². The molecule has 0 radical (unpaired) electrons. The number of carbonyl (C=O) groups excluding carboxylic acids is 2. The highest BCUT2D eigenvalue weighted by molar-refractivity contribution is 6.00. The zero-order chi connectivity index (χ0) is 22.6. The van der Waals surface area contributed by atoms with Crippen LogP contribution in [-0.4, -0.2) is 31.6 Å². The van der Waals surface area contributed by atoms with E-state index in [0.717, 1.165) is 0 Å². The lowest BCUT2D eigenvalue weighted by Crippen LogP contribution is -2.42. The number of nitrogens with zero attached hydrogens (tertiary/aromatic N) is 1. The maximum Gasteiger partial charge on any atom is 0.262 e. The van der Waals surface area contributed by atoms with Crippen molar-refractivity contribution in [1.29, 1.82) is 0 Å². The summed E-state index contributed by atoms with van der Waals surface area (Å²) in [6, 6.07) is 13.0. The van der Waals surface area contributed by atoms with Gasteiger partial charge in [-0.25, -0.2) is 0 Å². The number of anilines is 2. The maximum atomic E-state index is 12.9. The van der Waals surface area contributed by atoms with Crippen molar-refractivity contribution in [2.45, 2.75) is 33.6 Å². The van der Waals surface area contributed by atoms with Crippen LogP contribution in [0.4, 0.5) is 11.4 Å². The third kappa shape index (κ3) is 5.26. The molecular weight excluding hydrogens is 392 g/mol. The highest BCUT2D eigenvalue weighted by atomic mass is 16.5. The first-order chi connectivity index (χ1) is 14.7. The Balaban J connectivity index is 1.68. The average Bonchev–Trinajstić information content (AvgIpc) is 2.83. The quantitative estimate of drug-likeness (QED) is 0.653. The van der Waals surface area contributed by atoms with Crippen LogP contribution in [0.15, 0.2) is 55.1 Å². The molecule has 0 aromatic heterocycles. The van der Waals surface area contributed by atoms with Crippen molar-refractivity contribution in [2.24, 2.45) is 5.41 Å². The van der Waals surface area contributed by atoms with Gasteiger partial charge in [-0.2, -0.15) is 0 Å². The van der Waals surface area contributed by atoms with Gasteiger partial charge in [0.2, 0.25) is 5.91 Å². The van der Waals surface area contributed by atoms with Crippen molar-refractivity contribution in [3.05, 3.63) is 60.7 Å². The molecule has 0 aliphatic carbocycles. The van der Waals surface area contributed by atoms with Crippen LogP contribution in [0.1, 0.15) is 39.2 Å². The average molecular weight is 423 g/mol. The van der Waals surface area contributed by atoms with Crippen molar-refractivity contribution in [2.75, 3.05) is 30.0 Å². The van der Waals surface area contributed by atoms with Crippen molar-refractivity contribution >= 4 is 23.2 Å². The molecule has 1 heterocycles. The van der Waals surface area contributed by atoms with Crippen LogP contribution in [0, 0.1) is 5.41 Å². The van der Waals surface area contributed by atoms with E-state index in [9.17, 15) is 9.59 Å². The Kier molecular flexibility index (Phi) is 6.68. The Morgan fingerprint density at radius 1 is 1.26 bits per heavy atom. The zero-order valence-corrected chi connectivity index (χ0v) is 18.6. The lowest BCUT2D eigenvalue weighted by molar-refractivity contribution is -0.127. The summed E-state index contributed by atoms with van der Waals surface area (Å²) < 4.78 is 11.5. The van der Waals surface area contributed by atoms with Gasteiger partial charge in [-0.1, -0.05) is 32.1 Å². The number of rotatable bonds is 7. The van der Waals surface area contributed by atoms with E-state index in [-0.39, 0.29) is 25.0 Å². The van der Waals surface area contributed by atoms with Crippen LogP contribution in [0.2, 0.25) is 0 Å². The first kappa shape index (κ1) is 22.4. The van der Waals surface area contributed by atoms with Gasteiger partial charge in [-0.15, -0.1) is 6.58 Å². The maximum absolute atomic E-state index is 12.9. The second-order valence-electron chi connectivity index (χ2n) is 8.62. The lowest BCUT2D eigenvalue weighted by atomic mass is 9.93. The molecule has 31 heavy (non-hydrogen) atoms. The molecule has 0 saturated carbocycles. The topological polar surface area (TPSA) is 67.9 Å². The van der Waals surface area contributed by atoms with Gasteiger partial charge < -0.3 is 19.7 Å². The fourth-order valence-electron chi connectivity index (χ4n) is 3.33. The van der Waals surface area contributed by atoms with Gasteiger partial charge in [0.25, 0.3) is 5.91 Å². The summed E-state index contributed by atoms with van der Waals surface area (Å²) >= 11 is 0. The number of hydrogen-bond donors (Lipinski definition) is 1. The number of ether oxygens (including phenoxy) is 2. The minimum Gasteiger partial charge on any atom is -0.490 e. The van der Waals surface area contributed by atoms with Crippen molar-refractivity contribution in [1.82, 2.24) is 0 Å². The lowest BCUT2D eigenvalue weighted by Gasteiger charge is -2.27. The molecule has 6 heteroatoms. The SMILES string of the molecule is C=CCN1C(=O)C(C)(C)COc2cc(NC(=O)COc3ccc(C(C)C)cc3)ccc21. The number of fused-ring (bicyclic) bond motifs is 1. The molecular formula is C25H30N2O4. The van der Waals surface area contributed by atoms with E-state index in [1.54, 1.807) is 29.2 Å². The van der Waals surface area contributed by atoms with E-state index in [0.29, 0.717) is 35.3 Å². The molecule has 1 aliphatic heterocycles. The smallest absolute Gasteiger partial charge is 0.262 e. The molecule has 0 saturated heterocycles. The van der Waals surface area contributed by atoms with E-state index >= 15 is 0 Å². The zero-order valence-electron chi connectivity index (χ0n) is 18.6. The van der Waals surface area contributed by atoms with Crippen molar-refractivity contribution in [3.8, 4) is 11.5 Å². The normalized spacial score (nSPS) is 15.0. The molecule has 1 aliphatic rings. The predicted octanol–water partition coefficient (Wildman–Crippen LogP) is 4.77. The third-order valence-electron chi connectivity index (χ3n) is 5.18. The van der Waals surface area contributed by atoms with Gasteiger partial charge in [0.1, 0.15) is 18.1 Å². The minimum atomic E-state index is -0.662. The number of amides is 2. The molecule has 0 atom stereocenters. The highest BCUT2D eigenvalue weighted by Crippen LogP contribution is 2.38. The van der Waals surface area contributed by atoms with Gasteiger partial charge in [0, 0.05) is 18.3 Å².